The lowest BCUT2D eigenvalue weighted by atomic mass is 9.98. The Morgan fingerprint density at radius 1 is 1.50 bits per heavy atom. The van der Waals surface area contributed by atoms with Crippen molar-refractivity contribution in [2.24, 2.45) is 5.73 Å². The van der Waals surface area contributed by atoms with E-state index in [-0.39, 0.29) is 5.41 Å². The molecule has 0 amide bonds. The Bertz CT molecular complexity index is 277. The van der Waals surface area contributed by atoms with Crippen LogP contribution in [-0.4, -0.2) is 11.5 Å². The van der Waals surface area contributed by atoms with Gasteiger partial charge in [-0.2, -0.15) is 4.39 Å². The van der Waals surface area contributed by atoms with Crippen molar-refractivity contribution in [1.82, 2.24) is 4.98 Å². The summed E-state index contributed by atoms with van der Waals surface area (Å²) in [5.41, 5.74) is 6.82. The molecule has 0 aromatic carbocycles. The molecule has 1 fully saturated rings. The second-order valence-corrected chi connectivity index (χ2v) is 3.35. The van der Waals surface area contributed by atoms with Gasteiger partial charge in [0.05, 0.1) is 0 Å². The van der Waals surface area contributed by atoms with Gasteiger partial charge in [-0.3, -0.25) is 0 Å². The maximum Gasteiger partial charge on any atom is 0.212 e. The minimum absolute atomic E-state index is 0.126. The lowest BCUT2D eigenvalue weighted by Crippen LogP contribution is -2.19. The molecule has 0 atom stereocenters. The minimum Gasteiger partial charge on any atom is -0.330 e. The van der Waals surface area contributed by atoms with Crippen molar-refractivity contribution in [3.63, 3.8) is 0 Å². The van der Waals surface area contributed by atoms with E-state index in [2.05, 4.69) is 4.98 Å². The van der Waals surface area contributed by atoms with E-state index in [0.717, 1.165) is 18.4 Å². The van der Waals surface area contributed by atoms with Crippen molar-refractivity contribution in [1.29, 1.82) is 0 Å². The van der Waals surface area contributed by atoms with Crippen molar-refractivity contribution in [3.05, 3.63) is 29.8 Å². The van der Waals surface area contributed by atoms with Gasteiger partial charge in [-0.1, -0.05) is 6.07 Å². The lowest BCUT2D eigenvalue weighted by molar-refractivity contribution is 0.578. The number of hydrogen-bond donors (Lipinski definition) is 1. The van der Waals surface area contributed by atoms with Crippen molar-refractivity contribution in [2.45, 2.75) is 18.3 Å². The summed E-state index contributed by atoms with van der Waals surface area (Å²) < 4.78 is 12.5. The number of nitrogens with zero attached hydrogens (tertiary/aromatic N) is 1. The molecule has 0 radical (unpaired) electrons. The van der Waals surface area contributed by atoms with Gasteiger partial charge in [-0.15, -0.1) is 0 Å². The summed E-state index contributed by atoms with van der Waals surface area (Å²) in [5, 5.41) is 0. The first kappa shape index (κ1) is 7.68. The zero-order valence-corrected chi connectivity index (χ0v) is 6.76. The highest BCUT2D eigenvalue weighted by atomic mass is 19.1. The third kappa shape index (κ3) is 1.10. The minimum atomic E-state index is -0.424. The maximum absolute atomic E-state index is 12.5. The predicted octanol–water partition coefficient (Wildman–Crippen LogP) is 1.21. The molecule has 0 unspecified atom stereocenters. The van der Waals surface area contributed by atoms with E-state index >= 15 is 0 Å². The molecule has 1 saturated carbocycles. The highest BCUT2D eigenvalue weighted by Crippen LogP contribution is 2.46. The topological polar surface area (TPSA) is 38.9 Å². The molecule has 64 valence electrons. The molecule has 1 aliphatic rings. The first-order chi connectivity index (χ1) is 5.77. The molecule has 0 saturated heterocycles. The zero-order valence-electron chi connectivity index (χ0n) is 6.76. The first-order valence-corrected chi connectivity index (χ1v) is 4.09. The highest BCUT2D eigenvalue weighted by molar-refractivity contribution is 5.29. The van der Waals surface area contributed by atoms with E-state index in [4.69, 9.17) is 5.73 Å². The highest BCUT2D eigenvalue weighted by Gasteiger charge is 2.42. The van der Waals surface area contributed by atoms with Crippen molar-refractivity contribution in [2.75, 3.05) is 6.54 Å². The van der Waals surface area contributed by atoms with Crippen molar-refractivity contribution < 1.29 is 4.39 Å². The van der Waals surface area contributed by atoms with E-state index in [9.17, 15) is 4.39 Å². The summed E-state index contributed by atoms with van der Waals surface area (Å²) in [7, 11) is 0. The number of nitrogens with two attached hydrogens (primary N) is 1. The fraction of sp³-hybridized carbons (Fsp3) is 0.444. The first-order valence-electron chi connectivity index (χ1n) is 4.09. The molecule has 2 nitrogen and oxygen atoms in total. The number of halogens is 1. The van der Waals surface area contributed by atoms with Crippen LogP contribution >= 0.6 is 0 Å². The molecule has 1 heterocycles. The zero-order chi connectivity index (χ0) is 8.60. The predicted molar refractivity (Wildman–Crippen MR) is 44.2 cm³/mol. The lowest BCUT2D eigenvalue weighted by Gasteiger charge is -2.10. The van der Waals surface area contributed by atoms with Crippen LogP contribution in [-0.2, 0) is 5.41 Å². The van der Waals surface area contributed by atoms with Crippen LogP contribution in [0.2, 0.25) is 0 Å². The smallest absolute Gasteiger partial charge is 0.212 e. The summed E-state index contributed by atoms with van der Waals surface area (Å²) in [6, 6.07) is 3.17. The fourth-order valence-electron chi connectivity index (χ4n) is 1.45. The van der Waals surface area contributed by atoms with Crippen LogP contribution < -0.4 is 5.73 Å². The second-order valence-electron chi connectivity index (χ2n) is 3.35. The number of aromatic nitrogens is 1. The summed E-state index contributed by atoms with van der Waals surface area (Å²) in [4.78, 5) is 3.61. The van der Waals surface area contributed by atoms with Crippen LogP contribution in [0.5, 0.6) is 0 Å². The third-order valence-corrected chi connectivity index (χ3v) is 2.58. The fourth-order valence-corrected chi connectivity index (χ4v) is 1.45. The molecule has 1 aromatic heterocycles. The Morgan fingerprint density at radius 2 is 2.25 bits per heavy atom. The van der Waals surface area contributed by atoms with Crippen LogP contribution in [0.1, 0.15) is 18.4 Å². The monoisotopic (exact) mass is 166 g/mol. The van der Waals surface area contributed by atoms with Gasteiger partial charge in [0.2, 0.25) is 5.95 Å². The molecule has 2 N–H and O–H groups in total. The average molecular weight is 166 g/mol. The molecule has 0 aliphatic heterocycles. The molecule has 2 rings (SSSR count). The Kier molecular flexibility index (Phi) is 1.61. The van der Waals surface area contributed by atoms with E-state index < -0.39 is 5.95 Å². The quantitative estimate of drug-likeness (QED) is 0.671. The van der Waals surface area contributed by atoms with Crippen LogP contribution in [0.15, 0.2) is 18.3 Å². The van der Waals surface area contributed by atoms with E-state index in [0.29, 0.717) is 6.54 Å². The van der Waals surface area contributed by atoms with Gasteiger partial charge in [-0.05, 0) is 24.5 Å². The molecular formula is C9H11FN2. The Labute approximate surface area is 70.6 Å². The average Bonchev–Trinajstić information content (AvgIpc) is 2.86. The Hall–Kier alpha value is -0.960. The molecular weight excluding hydrogens is 155 g/mol. The molecule has 12 heavy (non-hydrogen) atoms. The number of pyridine rings is 1. The Balaban J connectivity index is 2.29. The number of hydrogen-bond acceptors (Lipinski definition) is 2. The molecule has 1 aliphatic carbocycles. The standard InChI is InChI=1S/C9H11FN2/c10-8-2-1-7(5-12-8)9(6-11)3-4-9/h1-2,5H,3-4,6,11H2. The van der Waals surface area contributed by atoms with Gasteiger partial charge in [-0.25, -0.2) is 4.98 Å². The number of rotatable bonds is 2. The van der Waals surface area contributed by atoms with Gasteiger partial charge in [0, 0.05) is 18.2 Å². The van der Waals surface area contributed by atoms with Gasteiger partial charge in [0.25, 0.3) is 0 Å². The summed E-state index contributed by atoms with van der Waals surface area (Å²) in [6.07, 6.45) is 3.81. The Morgan fingerprint density at radius 3 is 2.67 bits per heavy atom. The van der Waals surface area contributed by atoms with Gasteiger partial charge < -0.3 is 5.73 Å². The van der Waals surface area contributed by atoms with E-state index in [1.54, 1.807) is 12.3 Å². The van der Waals surface area contributed by atoms with Gasteiger partial charge in [0.15, 0.2) is 0 Å². The van der Waals surface area contributed by atoms with Crippen molar-refractivity contribution >= 4 is 0 Å². The second kappa shape index (κ2) is 2.52. The normalized spacial score (nSPS) is 19.2. The van der Waals surface area contributed by atoms with Gasteiger partial charge >= 0.3 is 0 Å². The molecule has 0 bridgehead atoms. The molecule has 3 heteroatoms. The largest absolute Gasteiger partial charge is 0.330 e. The van der Waals surface area contributed by atoms with Crippen LogP contribution in [0.25, 0.3) is 0 Å². The molecule has 0 spiro atoms. The van der Waals surface area contributed by atoms with Crippen molar-refractivity contribution in [3.8, 4) is 0 Å². The van der Waals surface area contributed by atoms with E-state index in [1.807, 2.05) is 0 Å². The maximum atomic E-state index is 12.5. The summed E-state index contributed by atoms with van der Waals surface area (Å²) >= 11 is 0. The van der Waals surface area contributed by atoms with E-state index in [1.165, 1.54) is 6.07 Å². The SMILES string of the molecule is NCC1(c2ccc(F)nc2)CC1. The summed E-state index contributed by atoms with van der Waals surface area (Å²) in [5.74, 6) is -0.424. The third-order valence-electron chi connectivity index (χ3n) is 2.58. The van der Waals surface area contributed by atoms with Gasteiger partial charge in [0.1, 0.15) is 0 Å². The van der Waals surface area contributed by atoms with Crippen LogP contribution in [0.3, 0.4) is 0 Å². The summed E-state index contributed by atoms with van der Waals surface area (Å²) in [6.45, 7) is 0.639. The van der Waals surface area contributed by atoms with Crippen LogP contribution in [0, 0.1) is 5.95 Å². The molecule has 1 aromatic rings. The van der Waals surface area contributed by atoms with Crippen LogP contribution in [0.4, 0.5) is 4.39 Å².